The van der Waals surface area contributed by atoms with Gasteiger partial charge in [-0.3, -0.25) is 0 Å². The molecule has 0 aliphatic heterocycles. The standard InChI is InChI=1S/C17H18ClNO/c18-14-6-7-17(16(9-14)15-8-13(15)10-19)20-11-12-4-2-1-3-5-12/h1-7,9,13,15H,8,10-11,19H2. The highest BCUT2D eigenvalue weighted by atomic mass is 35.5. The molecule has 1 aliphatic rings. The van der Waals surface area contributed by atoms with Crippen LogP contribution in [0.5, 0.6) is 5.75 Å². The average Bonchev–Trinajstić information content (AvgIpc) is 3.26. The lowest BCUT2D eigenvalue weighted by atomic mass is 10.1. The molecule has 2 nitrogen and oxygen atoms in total. The molecule has 2 N–H and O–H groups in total. The van der Waals surface area contributed by atoms with Gasteiger partial charge in [0.2, 0.25) is 0 Å². The summed E-state index contributed by atoms with van der Waals surface area (Å²) < 4.78 is 5.97. The zero-order chi connectivity index (χ0) is 13.9. The predicted molar refractivity (Wildman–Crippen MR) is 82.1 cm³/mol. The van der Waals surface area contributed by atoms with E-state index in [1.807, 2.05) is 36.4 Å². The van der Waals surface area contributed by atoms with Gasteiger partial charge in [-0.25, -0.2) is 0 Å². The Kier molecular flexibility index (Phi) is 3.95. The number of benzene rings is 2. The highest BCUT2D eigenvalue weighted by molar-refractivity contribution is 6.30. The molecule has 0 bridgehead atoms. The van der Waals surface area contributed by atoms with Crippen LogP contribution in [0.3, 0.4) is 0 Å². The van der Waals surface area contributed by atoms with E-state index < -0.39 is 0 Å². The van der Waals surface area contributed by atoms with Gasteiger partial charge in [0.15, 0.2) is 0 Å². The molecule has 1 fully saturated rings. The molecule has 0 radical (unpaired) electrons. The fourth-order valence-electron chi connectivity index (χ4n) is 2.56. The molecule has 2 unspecified atom stereocenters. The number of halogens is 1. The van der Waals surface area contributed by atoms with Crippen LogP contribution in [0, 0.1) is 5.92 Å². The molecule has 1 aliphatic carbocycles. The maximum atomic E-state index is 6.11. The second-order valence-corrected chi connectivity index (χ2v) is 5.73. The predicted octanol–water partition coefficient (Wildman–Crippen LogP) is 3.98. The Morgan fingerprint density at radius 3 is 2.65 bits per heavy atom. The summed E-state index contributed by atoms with van der Waals surface area (Å²) in [6, 6.07) is 16.0. The minimum atomic E-state index is 0.504. The molecular weight excluding hydrogens is 270 g/mol. The van der Waals surface area contributed by atoms with E-state index in [1.54, 1.807) is 0 Å². The van der Waals surface area contributed by atoms with Crippen LogP contribution in [0.15, 0.2) is 48.5 Å². The topological polar surface area (TPSA) is 35.2 Å². The minimum Gasteiger partial charge on any atom is -0.489 e. The maximum absolute atomic E-state index is 6.11. The second kappa shape index (κ2) is 5.86. The molecule has 2 aromatic carbocycles. The van der Waals surface area contributed by atoms with Crippen LogP contribution in [0.25, 0.3) is 0 Å². The maximum Gasteiger partial charge on any atom is 0.123 e. The van der Waals surface area contributed by atoms with E-state index in [0.29, 0.717) is 18.4 Å². The Hall–Kier alpha value is -1.51. The summed E-state index contributed by atoms with van der Waals surface area (Å²) >= 11 is 6.11. The van der Waals surface area contributed by atoms with Gasteiger partial charge in [-0.2, -0.15) is 0 Å². The first-order valence-corrected chi connectivity index (χ1v) is 7.32. The Labute approximate surface area is 124 Å². The molecular formula is C17H18ClNO. The molecule has 0 saturated heterocycles. The summed E-state index contributed by atoms with van der Waals surface area (Å²) in [5.74, 6) is 2.01. The van der Waals surface area contributed by atoms with Gasteiger partial charge < -0.3 is 10.5 Å². The molecule has 2 aromatic rings. The Bertz CT molecular complexity index is 585. The highest BCUT2D eigenvalue weighted by Crippen LogP contribution is 2.50. The van der Waals surface area contributed by atoms with Crippen molar-refractivity contribution in [1.29, 1.82) is 0 Å². The minimum absolute atomic E-state index is 0.504. The number of hydrogen-bond donors (Lipinski definition) is 1. The zero-order valence-electron chi connectivity index (χ0n) is 11.3. The Morgan fingerprint density at radius 1 is 1.15 bits per heavy atom. The summed E-state index contributed by atoms with van der Waals surface area (Å²) in [7, 11) is 0. The zero-order valence-corrected chi connectivity index (χ0v) is 12.0. The molecule has 0 spiro atoms. The molecule has 2 atom stereocenters. The van der Waals surface area contributed by atoms with Crippen molar-refractivity contribution in [3.8, 4) is 5.75 Å². The Morgan fingerprint density at radius 2 is 1.95 bits per heavy atom. The normalized spacial score (nSPS) is 20.7. The third-order valence-corrected chi connectivity index (χ3v) is 4.07. The lowest BCUT2D eigenvalue weighted by Gasteiger charge is -2.12. The first-order valence-electron chi connectivity index (χ1n) is 6.94. The number of rotatable bonds is 5. The van der Waals surface area contributed by atoms with Gasteiger partial charge in [-0.05, 0) is 54.1 Å². The van der Waals surface area contributed by atoms with Gasteiger partial charge >= 0.3 is 0 Å². The van der Waals surface area contributed by atoms with Crippen LogP contribution in [-0.2, 0) is 6.61 Å². The molecule has 20 heavy (non-hydrogen) atoms. The quantitative estimate of drug-likeness (QED) is 0.903. The van der Waals surface area contributed by atoms with Crippen molar-refractivity contribution in [3.05, 3.63) is 64.7 Å². The van der Waals surface area contributed by atoms with Crippen LogP contribution in [-0.4, -0.2) is 6.54 Å². The molecule has 1 saturated carbocycles. The van der Waals surface area contributed by atoms with Crippen LogP contribution < -0.4 is 10.5 Å². The number of nitrogens with two attached hydrogens (primary N) is 1. The fraction of sp³-hybridized carbons (Fsp3) is 0.294. The molecule has 3 rings (SSSR count). The van der Waals surface area contributed by atoms with Crippen molar-refractivity contribution >= 4 is 11.6 Å². The van der Waals surface area contributed by atoms with Crippen molar-refractivity contribution in [2.45, 2.75) is 18.9 Å². The summed E-state index contributed by atoms with van der Waals surface area (Å²) in [6.45, 7) is 1.31. The van der Waals surface area contributed by atoms with Gasteiger partial charge in [-0.15, -0.1) is 0 Å². The average molecular weight is 288 g/mol. The molecule has 0 aromatic heterocycles. The van der Waals surface area contributed by atoms with Crippen molar-refractivity contribution in [3.63, 3.8) is 0 Å². The number of ether oxygens (including phenoxy) is 1. The van der Waals surface area contributed by atoms with Crippen LogP contribution in [0.2, 0.25) is 5.02 Å². The molecule has 104 valence electrons. The summed E-state index contributed by atoms with van der Waals surface area (Å²) in [5.41, 5.74) is 8.11. The Balaban J connectivity index is 1.76. The van der Waals surface area contributed by atoms with Gasteiger partial charge in [0.1, 0.15) is 12.4 Å². The molecule has 3 heteroatoms. The smallest absolute Gasteiger partial charge is 0.123 e. The fourth-order valence-corrected chi connectivity index (χ4v) is 2.75. The largest absolute Gasteiger partial charge is 0.489 e. The number of hydrogen-bond acceptors (Lipinski definition) is 2. The lowest BCUT2D eigenvalue weighted by Crippen LogP contribution is -2.03. The summed E-state index contributed by atoms with van der Waals surface area (Å²) in [4.78, 5) is 0. The van der Waals surface area contributed by atoms with E-state index >= 15 is 0 Å². The third kappa shape index (κ3) is 2.97. The van der Waals surface area contributed by atoms with E-state index in [1.165, 1.54) is 11.1 Å². The highest BCUT2D eigenvalue weighted by Gasteiger charge is 2.38. The van der Waals surface area contributed by atoms with E-state index in [0.717, 1.165) is 23.7 Å². The van der Waals surface area contributed by atoms with E-state index in [4.69, 9.17) is 22.1 Å². The van der Waals surface area contributed by atoms with Gasteiger partial charge in [0.05, 0.1) is 0 Å². The third-order valence-electron chi connectivity index (χ3n) is 3.83. The van der Waals surface area contributed by atoms with Gasteiger partial charge in [0, 0.05) is 5.02 Å². The van der Waals surface area contributed by atoms with E-state index in [-0.39, 0.29) is 0 Å². The first kappa shape index (κ1) is 13.5. The van der Waals surface area contributed by atoms with E-state index in [9.17, 15) is 0 Å². The van der Waals surface area contributed by atoms with E-state index in [2.05, 4.69) is 12.1 Å². The lowest BCUT2D eigenvalue weighted by molar-refractivity contribution is 0.302. The van der Waals surface area contributed by atoms with Crippen molar-refractivity contribution in [1.82, 2.24) is 0 Å². The van der Waals surface area contributed by atoms with Crippen LogP contribution >= 0.6 is 11.6 Å². The summed E-state index contributed by atoms with van der Waals surface area (Å²) in [5, 5.41) is 0.759. The van der Waals surface area contributed by atoms with Gasteiger partial charge in [-0.1, -0.05) is 41.9 Å². The van der Waals surface area contributed by atoms with Crippen LogP contribution in [0.1, 0.15) is 23.5 Å². The van der Waals surface area contributed by atoms with Gasteiger partial charge in [0.25, 0.3) is 0 Å². The second-order valence-electron chi connectivity index (χ2n) is 5.29. The summed E-state index contributed by atoms with van der Waals surface area (Å²) in [6.07, 6.45) is 1.14. The first-order chi connectivity index (χ1) is 9.78. The molecule has 0 amide bonds. The van der Waals surface area contributed by atoms with Crippen molar-refractivity contribution < 1.29 is 4.74 Å². The monoisotopic (exact) mass is 287 g/mol. The molecule has 0 heterocycles. The van der Waals surface area contributed by atoms with Crippen molar-refractivity contribution in [2.75, 3.05) is 6.54 Å². The van der Waals surface area contributed by atoms with Crippen LogP contribution in [0.4, 0.5) is 0 Å². The van der Waals surface area contributed by atoms with Crippen molar-refractivity contribution in [2.24, 2.45) is 11.7 Å². The SMILES string of the molecule is NCC1CC1c1cc(Cl)ccc1OCc1ccccc1.